The van der Waals surface area contributed by atoms with E-state index in [1.54, 1.807) is 109 Å². The number of azo groups is 1. The molecule has 0 heterocycles. The highest BCUT2D eigenvalue weighted by molar-refractivity contribution is 6.04. The van der Waals surface area contributed by atoms with E-state index in [9.17, 15) is 14.8 Å². The molecule has 202 valence electrons. The molecular weight excluding hydrogens is 516 g/mol. The molecule has 0 unspecified atom stereocenters. The van der Waals surface area contributed by atoms with Crippen molar-refractivity contribution in [2.75, 3.05) is 21.2 Å². The molecule has 5 aromatic carbocycles. The van der Waals surface area contributed by atoms with Gasteiger partial charge in [0, 0.05) is 28.2 Å². The quantitative estimate of drug-likeness (QED) is 0.129. The first-order valence-electron chi connectivity index (χ1n) is 12.7. The number of nitrogens with zero attached hydrogens (tertiary/aromatic N) is 3. The van der Waals surface area contributed by atoms with Gasteiger partial charge in [0.25, 0.3) is 11.8 Å². The van der Waals surface area contributed by atoms with Gasteiger partial charge in [-0.15, -0.1) is 0 Å². The molecular formula is C32H25N6O3-. The zero-order valence-corrected chi connectivity index (χ0v) is 21.8. The highest BCUT2D eigenvalue weighted by atomic mass is 16.5. The summed E-state index contributed by atoms with van der Waals surface area (Å²) < 4.78 is 0. The Kier molecular flexibility index (Phi) is 8.39. The van der Waals surface area contributed by atoms with Crippen LogP contribution in [0.1, 0.15) is 20.7 Å². The lowest BCUT2D eigenvalue weighted by Crippen LogP contribution is -2.22. The minimum absolute atomic E-state index is 0.189. The molecule has 0 atom stereocenters. The lowest BCUT2D eigenvalue weighted by atomic mass is 10.2. The van der Waals surface area contributed by atoms with E-state index in [0.29, 0.717) is 50.4 Å². The molecule has 0 spiro atoms. The number of hydrogen-bond donors (Lipinski definition) is 3. The first-order valence-corrected chi connectivity index (χ1v) is 12.7. The maximum absolute atomic E-state index is 12.6. The minimum Gasteiger partial charge on any atom is -0.739 e. The summed E-state index contributed by atoms with van der Waals surface area (Å²) in [4.78, 5) is 24.6. The van der Waals surface area contributed by atoms with Gasteiger partial charge in [-0.1, -0.05) is 36.4 Å². The third kappa shape index (κ3) is 7.41. The number of carbonyl (C=O) groups excluding carboxylic acids is 2. The molecule has 0 saturated carbocycles. The van der Waals surface area contributed by atoms with Crippen LogP contribution in [0, 0.1) is 5.21 Å². The molecule has 9 heteroatoms. The van der Waals surface area contributed by atoms with Gasteiger partial charge in [-0.25, -0.2) is 0 Å². The van der Waals surface area contributed by atoms with Gasteiger partial charge in [-0.3, -0.25) is 9.59 Å². The average molecular weight is 542 g/mol. The number of anilines is 4. The monoisotopic (exact) mass is 541 g/mol. The summed E-state index contributed by atoms with van der Waals surface area (Å²) in [7, 11) is 0. The molecule has 0 aromatic heterocycles. The summed E-state index contributed by atoms with van der Waals surface area (Å²) in [6, 6.07) is 38.4. The van der Waals surface area contributed by atoms with Gasteiger partial charge in [0.1, 0.15) is 0 Å². The maximum atomic E-state index is 12.6. The van der Waals surface area contributed by atoms with Gasteiger partial charge in [-0.05, 0) is 97.1 Å². The third-order valence-corrected chi connectivity index (χ3v) is 5.94. The molecule has 0 aliphatic carbocycles. The fourth-order valence-electron chi connectivity index (χ4n) is 3.78. The molecule has 0 radical (unpaired) electrons. The van der Waals surface area contributed by atoms with Crippen LogP contribution < -0.4 is 21.2 Å². The zero-order valence-electron chi connectivity index (χ0n) is 21.8. The summed E-state index contributed by atoms with van der Waals surface area (Å²) in [5.74, 6) is -0.398. The van der Waals surface area contributed by atoms with Gasteiger partial charge in [0.15, 0.2) is 0 Å². The second-order valence-electron chi connectivity index (χ2n) is 8.89. The third-order valence-electron chi connectivity index (χ3n) is 5.94. The Balaban J connectivity index is 1.12. The molecule has 5 aromatic rings. The number of benzene rings is 5. The van der Waals surface area contributed by atoms with E-state index in [1.165, 1.54) is 0 Å². The summed E-state index contributed by atoms with van der Waals surface area (Å²) in [5, 5.41) is 27.3. The maximum Gasteiger partial charge on any atom is 0.255 e. The van der Waals surface area contributed by atoms with Crippen LogP contribution in [0.25, 0.3) is 0 Å². The molecule has 0 saturated heterocycles. The van der Waals surface area contributed by atoms with Crippen LogP contribution in [0.2, 0.25) is 0 Å². The first kappa shape index (κ1) is 26.8. The minimum atomic E-state index is -0.210. The van der Waals surface area contributed by atoms with E-state index in [2.05, 4.69) is 26.3 Å². The lowest BCUT2D eigenvalue weighted by molar-refractivity contribution is 0.101. The van der Waals surface area contributed by atoms with E-state index in [0.717, 1.165) is 0 Å². The second-order valence-corrected chi connectivity index (χ2v) is 8.89. The SMILES string of the molecule is O=C(Nc1ccc(N=Nc2ccc(N([O-])Nc3ccc(NC(=O)c4ccccc4)cc3)cc2)cc1)c1ccccc1. The number of nitrogens with one attached hydrogen (secondary N) is 3. The van der Waals surface area contributed by atoms with Crippen molar-refractivity contribution in [1.29, 1.82) is 0 Å². The highest BCUT2D eigenvalue weighted by Gasteiger charge is 2.06. The normalized spacial score (nSPS) is 10.7. The predicted molar refractivity (Wildman–Crippen MR) is 162 cm³/mol. The van der Waals surface area contributed by atoms with Gasteiger partial charge < -0.3 is 26.4 Å². The Labute approximate surface area is 236 Å². The number of hydrazine groups is 1. The van der Waals surface area contributed by atoms with Crippen molar-refractivity contribution in [1.82, 2.24) is 0 Å². The summed E-state index contributed by atoms with van der Waals surface area (Å²) >= 11 is 0. The molecule has 0 fully saturated rings. The van der Waals surface area contributed by atoms with Crippen molar-refractivity contribution >= 4 is 45.9 Å². The molecule has 41 heavy (non-hydrogen) atoms. The Morgan fingerprint density at radius 1 is 0.512 bits per heavy atom. The van der Waals surface area contributed by atoms with Gasteiger partial charge in [0.2, 0.25) is 0 Å². The van der Waals surface area contributed by atoms with E-state index in [4.69, 9.17) is 0 Å². The predicted octanol–water partition coefficient (Wildman–Crippen LogP) is 7.94. The number of carbonyl (C=O) groups is 2. The molecule has 5 rings (SSSR count). The summed E-state index contributed by atoms with van der Waals surface area (Å²) in [5.41, 5.74) is 7.28. The molecule has 2 amide bonds. The second kappa shape index (κ2) is 12.8. The van der Waals surface area contributed by atoms with Crippen LogP contribution in [-0.2, 0) is 0 Å². The highest BCUT2D eigenvalue weighted by Crippen LogP contribution is 2.24. The summed E-state index contributed by atoms with van der Waals surface area (Å²) in [6.07, 6.45) is 0. The van der Waals surface area contributed by atoms with Crippen molar-refractivity contribution in [2.45, 2.75) is 0 Å². The Morgan fingerprint density at radius 3 is 1.37 bits per heavy atom. The average Bonchev–Trinajstić information content (AvgIpc) is 3.02. The zero-order chi connectivity index (χ0) is 28.4. The molecule has 0 bridgehead atoms. The van der Waals surface area contributed by atoms with Crippen molar-refractivity contribution in [3.8, 4) is 0 Å². The van der Waals surface area contributed by atoms with E-state index in [-0.39, 0.29) is 11.8 Å². The van der Waals surface area contributed by atoms with Crippen LogP contribution in [0.3, 0.4) is 0 Å². The Bertz CT molecular complexity index is 1620. The van der Waals surface area contributed by atoms with Crippen LogP contribution in [0.15, 0.2) is 144 Å². The lowest BCUT2D eigenvalue weighted by Gasteiger charge is -2.31. The topological polar surface area (TPSA) is 121 Å². The van der Waals surface area contributed by atoms with Crippen molar-refractivity contribution < 1.29 is 9.59 Å². The van der Waals surface area contributed by atoms with Gasteiger partial charge in [0.05, 0.1) is 17.1 Å². The van der Waals surface area contributed by atoms with Gasteiger partial charge >= 0.3 is 0 Å². The molecule has 9 nitrogen and oxygen atoms in total. The number of amides is 2. The standard InChI is InChI=1S/C32H25N6O3/c39-31(23-7-3-1-4-8-23)33-25-11-15-27(16-12-25)35-36-28-19-21-30(22-20-28)38(41)37-29-17-13-26(14-18-29)34-32(40)24-9-5-2-6-10-24/h1-22,37H,(H,33,39)(H,34,40)/q-1. The van der Waals surface area contributed by atoms with Gasteiger partial charge in [-0.2, -0.15) is 10.2 Å². The molecule has 3 N–H and O–H groups in total. The first-order chi connectivity index (χ1) is 20.0. The largest absolute Gasteiger partial charge is 0.739 e. The van der Waals surface area contributed by atoms with Crippen molar-refractivity contribution in [2.24, 2.45) is 10.2 Å². The molecule has 0 aliphatic rings. The number of rotatable bonds is 9. The molecule has 0 aliphatic heterocycles. The number of hydrogen-bond acceptors (Lipinski definition) is 7. The van der Waals surface area contributed by atoms with E-state index in [1.807, 2.05) is 24.3 Å². The van der Waals surface area contributed by atoms with Crippen LogP contribution in [-0.4, -0.2) is 11.8 Å². The summed E-state index contributed by atoms with van der Waals surface area (Å²) in [6.45, 7) is 0. The Hall–Kier alpha value is -5.80. The van der Waals surface area contributed by atoms with Crippen LogP contribution >= 0.6 is 0 Å². The smallest absolute Gasteiger partial charge is 0.255 e. The van der Waals surface area contributed by atoms with E-state index >= 15 is 0 Å². The van der Waals surface area contributed by atoms with Crippen LogP contribution in [0.5, 0.6) is 0 Å². The van der Waals surface area contributed by atoms with Crippen molar-refractivity contribution in [3.05, 3.63) is 150 Å². The fourth-order valence-corrected chi connectivity index (χ4v) is 3.78. The van der Waals surface area contributed by atoms with Crippen LogP contribution in [0.4, 0.5) is 34.1 Å². The fraction of sp³-hybridized carbons (Fsp3) is 0. The Morgan fingerprint density at radius 2 is 0.902 bits per heavy atom. The van der Waals surface area contributed by atoms with E-state index < -0.39 is 0 Å². The van der Waals surface area contributed by atoms with Crippen molar-refractivity contribution in [3.63, 3.8) is 0 Å².